The van der Waals surface area contributed by atoms with Gasteiger partial charge < -0.3 is 9.47 Å². The second kappa shape index (κ2) is 11.7. The van der Waals surface area contributed by atoms with Crippen LogP contribution in [0.5, 0.6) is 23.0 Å². The van der Waals surface area contributed by atoms with Gasteiger partial charge >= 0.3 is 0 Å². The molecule has 0 bridgehead atoms. The Morgan fingerprint density at radius 3 is 2.09 bits per heavy atom. The van der Waals surface area contributed by atoms with Gasteiger partial charge in [-0.2, -0.15) is 0 Å². The van der Waals surface area contributed by atoms with Crippen LogP contribution in [0.2, 0.25) is 0 Å². The highest BCUT2D eigenvalue weighted by Crippen LogP contribution is 2.40. The quantitative estimate of drug-likeness (QED) is 0.170. The maximum atomic E-state index is 6.82. The van der Waals surface area contributed by atoms with Crippen LogP contribution >= 0.6 is 0 Å². The lowest BCUT2D eigenvalue weighted by molar-refractivity contribution is 0.465. The molecular weight excluding hydrogens is 687 g/mol. The topological polar surface area (TPSA) is 54.1 Å². The van der Waals surface area contributed by atoms with E-state index in [1.807, 2.05) is 12.3 Å². The molecule has 11 rings (SSSR count). The van der Waals surface area contributed by atoms with Gasteiger partial charge in [-0.05, 0) is 121 Å². The molecule has 7 heteroatoms. The summed E-state index contributed by atoms with van der Waals surface area (Å²) in [5, 5.41) is 2.28. The molecule has 2 aliphatic rings. The summed E-state index contributed by atoms with van der Waals surface area (Å²) in [4.78, 5) is 10.3. The molecule has 2 aliphatic heterocycles. The maximum absolute atomic E-state index is 6.82. The zero-order valence-electron chi connectivity index (χ0n) is 32.3. The minimum Gasteiger partial charge on any atom is -0.458 e. The van der Waals surface area contributed by atoms with Crippen LogP contribution in [-0.4, -0.2) is 25.8 Å². The molecule has 0 saturated heterocycles. The number of ether oxygens (including phenoxy) is 2. The summed E-state index contributed by atoms with van der Waals surface area (Å²) in [6.07, 6.45) is 1.93. The predicted molar refractivity (Wildman–Crippen MR) is 229 cm³/mol. The van der Waals surface area contributed by atoms with Crippen LogP contribution in [0, 0.1) is 20.8 Å². The fourth-order valence-corrected chi connectivity index (χ4v) is 9.26. The normalized spacial score (nSPS) is 13.1. The molecule has 0 atom stereocenters. The van der Waals surface area contributed by atoms with Crippen molar-refractivity contribution in [3.63, 3.8) is 0 Å². The van der Waals surface area contributed by atoms with Gasteiger partial charge in [0.15, 0.2) is 0 Å². The van der Waals surface area contributed by atoms with Crippen molar-refractivity contribution < 1.29 is 9.47 Å². The molecule has 0 N–H and O–H groups in total. The van der Waals surface area contributed by atoms with E-state index in [0.717, 1.165) is 95.1 Å². The highest BCUT2D eigenvalue weighted by molar-refractivity contribution is 6.98. The fourth-order valence-electron chi connectivity index (χ4n) is 9.26. The van der Waals surface area contributed by atoms with Crippen LogP contribution in [0.25, 0.3) is 55.7 Å². The second-order valence-electron chi connectivity index (χ2n) is 16.5. The Morgan fingerprint density at radius 1 is 0.589 bits per heavy atom. The van der Waals surface area contributed by atoms with Crippen molar-refractivity contribution in [3.8, 4) is 45.9 Å². The summed E-state index contributed by atoms with van der Waals surface area (Å²) in [6.45, 7) is 13.1. The first-order valence-corrected chi connectivity index (χ1v) is 19.3. The highest BCUT2D eigenvalue weighted by atomic mass is 16.5. The third kappa shape index (κ3) is 4.76. The van der Waals surface area contributed by atoms with E-state index in [2.05, 4.69) is 166 Å². The molecule has 6 aromatic carbocycles. The van der Waals surface area contributed by atoms with E-state index in [1.165, 1.54) is 22.3 Å². The minimum absolute atomic E-state index is 0.0233. The Bertz CT molecular complexity index is 3110. The van der Waals surface area contributed by atoms with Crippen molar-refractivity contribution in [3.05, 3.63) is 150 Å². The van der Waals surface area contributed by atoms with E-state index < -0.39 is 0 Å². The Balaban J connectivity index is 1.16. The lowest BCUT2D eigenvalue weighted by Crippen LogP contribution is -2.57. The van der Waals surface area contributed by atoms with E-state index in [4.69, 9.17) is 19.4 Å². The lowest BCUT2D eigenvalue weighted by Gasteiger charge is -2.33. The number of hydrogen-bond donors (Lipinski definition) is 0. The standard InChI is InChI=1S/C49H39BN4O2/c1-28-22-29(2)47(30(3)23-28)54-39-15-10-8-13-37(39)52-48(54)31-18-19-41-35(24-31)50-36-27-40-34(26-44(36)56-43-17-11-16-42(55-41)46(43)50)33-12-7-9-14-38(33)53(40)45-25-32(20-21-51-45)49(4,5)6/h7-27H,1-6H3. The number of para-hydroxylation sites is 3. The average molecular weight is 727 g/mol. The van der Waals surface area contributed by atoms with Gasteiger partial charge in [-0.3, -0.25) is 9.13 Å². The van der Waals surface area contributed by atoms with Crippen molar-refractivity contribution in [1.82, 2.24) is 19.1 Å². The highest BCUT2D eigenvalue weighted by Gasteiger charge is 2.41. The first-order chi connectivity index (χ1) is 27.1. The summed E-state index contributed by atoms with van der Waals surface area (Å²) in [5.74, 6) is 5.12. The summed E-state index contributed by atoms with van der Waals surface area (Å²) < 4.78 is 18.2. The molecule has 6 nitrogen and oxygen atoms in total. The molecule has 5 heterocycles. The summed E-state index contributed by atoms with van der Waals surface area (Å²) in [6, 6.07) is 43.1. The Morgan fingerprint density at radius 2 is 1.30 bits per heavy atom. The fraction of sp³-hybridized carbons (Fsp3) is 0.143. The van der Waals surface area contributed by atoms with Crippen molar-refractivity contribution >= 4 is 55.9 Å². The van der Waals surface area contributed by atoms with Gasteiger partial charge in [0.1, 0.15) is 34.6 Å². The number of rotatable bonds is 3. The van der Waals surface area contributed by atoms with Crippen LogP contribution in [0.4, 0.5) is 0 Å². The molecular formula is C49H39BN4O2. The van der Waals surface area contributed by atoms with Gasteiger partial charge in [0.2, 0.25) is 0 Å². The van der Waals surface area contributed by atoms with E-state index in [-0.39, 0.29) is 12.1 Å². The molecule has 0 spiro atoms. The van der Waals surface area contributed by atoms with Crippen LogP contribution in [-0.2, 0) is 5.41 Å². The van der Waals surface area contributed by atoms with Gasteiger partial charge in [-0.1, -0.05) is 80.9 Å². The smallest absolute Gasteiger partial charge is 0.260 e. The average Bonchev–Trinajstić information content (AvgIpc) is 3.72. The largest absolute Gasteiger partial charge is 0.458 e. The molecule has 270 valence electrons. The number of fused-ring (bicyclic) bond motifs is 8. The van der Waals surface area contributed by atoms with Gasteiger partial charge in [-0.25, -0.2) is 9.97 Å². The number of aromatic nitrogens is 4. The van der Waals surface area contributed by atoms with Crippen LogP contribution in [0.1, 0.15) is 43.0 Å². The van der Waals surface area contributed by atoms with Crippen LogP contribution < -0.4 is 25.9 Å². The molecule has 0 fully saturated rings. The van der Waals surface area contributed by atoms with E-state index in [9.17, 15) is 0 Å². The van der Waals surface area contributed by atoms with Crippen molar-refractivity contribution in [2.24, 2.45) is 0 Å². The number of benzene rings is 6. The third-order valence-corrected chi connectivity index (χ3v) is 11.7. The van der Waals surface area contributed by atoms with E-state index >= 15 is 0 Å². The molecule has 0 unspecified atom stereocenters. The van der Waals surface area contributed by atoms with Crippen LogP contribution in [0.15, 0.2) is 128 Å². The van der Waals surface area contributed by atoms with Gasteiger partial charge in [-0.15, -0.1) is 0 Å². The summed E-state index contributed by atoms with van der Waals surface area (Å²) in [5.41, 5.74) is 14.5. The number of aryl methyl sites for hydroxylation is 3. The Kier molecular flexibility index (Phi) is 6.86. The van der Waals surface area contributed by atoms with E-state index in [0.29, 0.717) is 0 Å². The summed E-state index contributed by atoms with van der Waals surface area (Å²) >= 11 is 0. The molecule has 0 amide bonds. The second-order valence-corrected chi connectivity index (χ2v) is 16.5. The van der Waals surface area contributed by atoms with Crippen LogP contribution in [0.3, 0.4) is 0 Å². The Hall–Kier alpha value is -6.60. The molecule has 9 aromatic rings. The number of pyridine rings is 1. The van der Waals surface area contributed by atoms with Gasteiger partial charge in [0.05, 0.1) is 27.8 Å². The van der Waals surface area contributed by atoms with Crippen molar-refractivity contribution in [2.45, 2.75) is 47.0 Å². The molecule has 0 radical (unpaired) electrons. The monoisotopic (exact) mass is 726 g/mol. The number of hydrogen-bond acceptors (Lipinski definition) is 4. The molecule has 0 saturated carbocycles. The number of nitrogens with zero attached hydrogens (tertiary/aromatic N) is 4. The summed E-state index contributed by atoms with van der Waals surface area (Å²) in [7, 11) is 0. The first kappa shape index (κ1) is 32.8. The van der Waals surface area contributed by atoms with Crippen molar-refractivity contribution in [1.29, 1.82) is 0 Å². The minimum atomic E-state index is -0.140. The molecule has 3 aromatic heterocycles. The van der Waals surface area contributed by atoms with E-state index in [1.54, 1.807) is 0 Å². The zero-order valence-corrected chi connectivity index (χ0v) is 32.3. The first-order valence-electron chi connectivity index (χ1n) is 19.3. The zero-order chi connectivity index (χ0) is 38.0. The van der Waals surface area contributed by atoms with Gasteiger partial charge in [0, 0.05) is 28.0 Å². The van der Waals surface area contributed by atoms with Crippen molar-refractivity contribution in [2.75, 3.05) is 0 Å². The SMILES string of the molecule is Cc1cc(C)c(-n2c(-c3ccc4c(c3)B3c5cc6c(cc5Oc5cccc(c53)O4)c3ccccc3n6-c3cc(C(C)(C)C)ccn3)nc3ccccc32)c(C)c1. The molecule has 56 heavy (non-hydrogen) atoms. The maximum Gasteiger partial charge on any atom is 0.260 e. The molecule has 0 aliphatic carbocycles. The third-order valence-electron chi connectivity index (χ3n) is 11.7. The number of imidazole rings is 1. The predicted octanol–water partition coefficient (Wildman–Crippen LogP) is 10.1. The lowest BCUT2D eigenvalue weighted by atomic mass is 9.34. The van der Waals surface area contributed by atoms with Gasteiger partial charge in [0.25, 0.3) is 6.71 Å². The Labute approximate surface area is 326 Å².